The number of likely N-dealkylation sites (tertiary alicyclic amines) is 1. The molecular formula is C22H24ClN3O2S. The van der Waals surface area contributed by atoms with Crippen molar-refractivity contribution in [2.24, 2.45) is 0 Å². The van der Waals surface area contributed by atoms with Crippen molar-refractivity contribution in [1.29, 1.82) is 0 Å². The number of aromatic nitrogens is 1. The van der Waals surface area contributed by atoms with E-state index in [1.807, 2.05) is 41.3 Å². The maximum Gasteiger partial charge on any atom is 0.266 e. The van der Waals surface area contributed by atoms with Gasteiger partial charge in [0.25, 0.3) is 5.91 Å². The molecule has 1 amide bonds. The first kappa shape index (κ1) is 20.0. The fourth-order valence-electron chi connectivity index (χ4n) is 3.62. The zero-order valence-corrected chi connectivity index (χ0v) is 17.9. The Labute approximate surface area is 179 Å². The average molecular weight is 430 g/mol. The highest BCUT2D eigenvalue weighted by atomic mass is 35.5. The summed E-state index contributed by atoms with van der Waals surface area (Å²) in [5, 5.41) is 1.56. The lowest BCUT2D eigenvalue weighted by molar-refractivity contribution is 0.0601. The summed E-state index contributed by atoms with van der Waals surface area (Å²) in [7, 11) is 0. The summed E-state index contributed by atoms with van der Waals surface area (Å²) < 4.78 is 6.02. The minimum Gasteiger partial charge on any atom is -0.490 e. The summed E-state index contributed by atoms with van der Waals surface area (Å²) in [4.78, 5) is 21.1. The molecule has 0 aliphatic carbocycles. The van der Waals surface area contributed by atoms with Gasteiger partial charge >= 0.3 is 0 Å². The molecule has 1 fully saturated rings. The summed E-state index contributed by atoms with van der Waals surface area (Å²) in [5.74, 6) is 0.800. The second-order valence-electron chi connectivity index (χ2n) is 7.31. The Bertz CT molecular complexity index is 1010. The number of hydrogen-bond acceptors (Lipinski definition) is 5. The van der Waals surface area contributed by atoms with E-state index in [4.69, 9.17) is 22.1 Å². The van der Waals surface area contributed by atoms with Gasteiger partial charge in [0.15, 0.2) is 0 Å². The highest BCUT2D eigenvalue weighted by Crippen LogP contribution is 2.34. The summed E-state index contributed by atoms with van der Waals surface area (Å²) in [6.45, 7) is 3.43. The van der Waals surface area contributed by atoms with Crippen molar-refractivity contribution in [3.8, 4) is 5.75 Å². The zero-order valence-electron chi connectivity index (χ0n) is 16.4. The first-order valence-electron chi connectivity index (χ1n) is 9.94. The van der Waals surface area contributed by atoms with Crippen LogP contribution in [0, 0.1) is 0 Å². The monoisotopic (exact) mass is 429 g/mol. The number of thiophene rings is 1. The number of rotatable bonds is 5. The summed E-state index contributed by atoms with van der Waals surface area (Å²) >= 11 is 7.32. The lowest BCUT2D eigenvalue weighted by atomic mass is 10.1. The molecule has 1 aliphatic heterocycles. The van der Waals surface area contributed by atoms with Gasteiger partial charge in [-0.05, 0) is 42.8 Å². The molecule has 0 bridgehead atoms. The van der Waals surface area contributed by atoms with Crippen LogP contribution in [0.25, 0.3) is 10.2 Å². The van der Waals surface area contributed by atoms with Gasteiger partial charge in [-0.2, -0.15) is 0 Å². The van der Waals surface area contributed by atoms with Gasteiger partial charge in [-0.15, -0.1) is 11.3 Å². The molecule has 2 N–H and O–H groups in total. The number of pyridine rings is 1. The van der Waals surface area contributed by atoms with Crippen molar-refractivity contribution in [2.75, 3.05) is 18.8 Å². The molecule has 152 valence electrons. The van der Waals surface area contributed by atoms with Crippen LogP contribution in [0.2, 0.25) is 5.02 Å². The third kappa shape index (κ3) is 4.33. The largest absolute Gasteiger partial charge is 0.490 e. The molecule has 0 saturated carbocycles. The smallest absolute Gasteiger partial charge is 0.266 e. The number of ether oxygens (including phenoxy) is 1. The minimum atomic E-state index is -0.00696. The fourth-order valence-corrected chi connectivity index (χ4v) is 4.82. The third-order valence-corrected chi connectivity index (χ3v) is 6.55. The van der Waals surface area contributed by atoms with Crippen LogP contribution in [0.15, 0.2) is 36.4 Å². The Morgan fingerprint density at radius 2 is 1.97 bits per heavy atom. The lowest BCUT2D eigenvalue weighted by Gasteiger charge is -2.32. The van der Waals surface area contributed by atoms with Crippen LogP contribution in [0.3, 0.4) is 0 Å². The van der Waals surface area contributed by atoms with E-state index in [1.54, 1.807) is 0 Å². The van der Waals surface area contributed by atoms with Crippen LogP contribution < -0.4 is 10.5 Å². The predicted octanol–water partition coefficient (Wildman–Crippen LogP) is 5.17. The standard InChI is InChI=1S/C22H24ClN3O2S/c1-2-3-15-6-9-18-19(24)20(29-21(18)25-15)22(27)26-12-10-17(11-13-26)28-16-7-4-14(23)5-8-16/h4-9,17H,2-3,10-13,24H2,1H3. The molecule has 0 radical (unpaired) electrons. The first-order chi connectivity index (χ1) is 14.0. The van der Waals surface area contributed by atoms with E-state index < -0.39 is 0 Å². The Balaban J connectivity index is 1.42. The van der Waals surface area contributed by atoms with Crippen LogP contribution in [0.1, 0.15) is 41.6 Å². The van der Waals surface area contributed by atoms with Gasteiger partial charge in [0.1, 0.15) is 21.6 Å². The van der Waals surface area contributed by atoms with Gasteiger partial charge in [-0.1, -0.05) is 24.9 Å². The molecule has 3 aromatic rings. The Morgan fingerprint density at radius 1 is 1.24 bits per heavy atom. The van der Waals surface area contributed by atoms with Gasteiger partial charge in [0, 0.05) is 42.0 Å². The fraction of sp³-hybridized carbons (Fsp3) is 0.364. The number of nitrogen functional groups attached to an aromatic ring is 1. The van der Waals surface area contributed by atoms with Gasteiger partial charge in [0.2, 0.25) is 0 Å². The normalized spacial score (nSPS) is 15.0. The molecular weight excluding hydrogens is 406 g/mol. The lowest BCUT2D eigenvalue weighted by Crippen LogP contribution is -2.41. The van der Waals surface area contributed by atoms with Crippen LogP contribution in [-0.2, 0) is 6.42 Å². The second kappa shape index (κ2) is 8.59. The second-order valence-corrected chi connectivity index (χ2v) is 8.75. The molecule has 4 rings (SSSR count). The summed E-state index contributed by atoms with van der Waals surface area (Å²) in [5.41, 5.74) is 7.89. The van der Waals surface area contributed by atoms with E-state index in [-0.39, 0.29) is 12.0 Å². The number of hydrogen-bond donors (Lipinski definition) is 1. The van der Waals surface area contributed by atoms with Crippen LogP contribution in [0.4, 0.5) is 5.69 Å². The molecule has 0 spiro atoms. The summed E-state index contributed by atoms with van der Waals surface area (Å²) in [6, 6.07) is 11.4. The number of carbonyl (C=O) groups is 1. The number of aryl methyl sites for hydroxylation is 1. The maximum absolute atomic E-state index is 13.1. The quantitative estimate of drug-likeness (QED) is 0.607. The Kier molecular flexibility index (Phi) is 5.92. The van der Waals surface area contributed by atoms with E-state index in [0.29, 0.717) is 28.7 Å². The van der Waals surface area contributed by atoms with E-state index >= 15 is 0 Å². The first-order valence-corrected chi connectivity index (χ1v) is 11.1. The number of nitrogens with zero attached hydrogens (tertiary/aromatic N) is 2. The molecule has 3 heterocycles. The van der Waals surface area contributed by atoms with Gasteiger partial charge in [0.05, 0.1) is 5.69 Å². The number of piperidine rings is 1. The van der Waals surface area contributed by atoms with E-state index in [1.165, 1.54) is 11.3 Å². The molecule has 0 atom stereocenters. The number of anilines is 1. The van der Waals surface area contributed by atoms with Crippen LogP contribution in [0.5, 0.6) is 5.75 Å². The maximum atomic E-state index is 13.1. The van der Waals surface area contributed by atoms with Crippen molar-refractivity contribution < 1.29 is 9.53 Å². The predicted molar refractivity (Wildman–Crippen MR) is 119 cm³/mol. The van der Waals surface area contributed by atoms with Gasteiger partial charge in [-0.25, -0.2) is 4.98 Å². The summed E-state index contributed by atoms with van der Waals surface area (Å²) in [6.07, 6.45) is 3.64. The number of halogens is 1. The number of nitrogens with two attached hydrogens (primary N) is 1. The van der Waals surface area contributed by atoms with Gasteiger partial charge < -0.3 is 15.4 Å². The van der Waals surface area contributed by atoms with Crippen molar-refractivity contribution >= 4 is 44.7 Å². The molecule has 1 aliphatic rings. The number of carbonyl (C=O) groups excluding carboxylic acids is 1. The van der Waals surface area contributed by atoms with E-state index in [9.17, 15) is 4.79 Å². The van der Waals surface area contributed by atoms with Crippen LogP contribution >= 0.6 is 22.9 Å². The minimum absolute atomic E-state index is 0.00696. The molecule has 0 unspecified atom stereocenters. The molecule has 1 aromatic carbocycles. The molecule has 5 nitrogen and oxygen atoms in total. The molecule has 2 aromatic heterocycles. The van der Waals surface area contributed by atoms with E-state index in [0.717, 1.165) is 47.3 Å². The highest BCUT2D eigenvalue weighted by Gasteiger charge is 2.27. The zero-order chi connectivity index (χ0) is 20.4. The third-order valence-electron chi connectivity index (χ3n) is 5.20. The Morgan fingerprint density at radius 3 is 2.66 bits per heavy atom. The number of amides is 1. The Hall–Kier alpha value is -2.31. The van der Waals surface area contributed by atoms with Crippen molar-refractivity contribution in [2.45, 2.75) is 38.7 Å². The van der Waals surface area contributed by atoms with Crippen LogP contribution in [-0.4, -0.2) is 35.0 Å². The average Bonchev–Trinajstić information content (AvgIpc) is 3.06. The molecule has 7 heteroatoms. The van der Waals surface area contributed by atoms with E-state index in [2.05, 4.69) is 11.9 Å². The van der Waals surface area contributed by atoms with Crippen molar-refractivity contribution in [3.63, 3.8) is 0 Å². The van der Waals surface area contributed by atoms with Crippen molar-refractivity contribution in [1.82, 2.24) is 9.88 Å². The molecule has 29 heavy (non-hydrogen) atoms. The highest BCUT2D eigenvalue weighted by molar-refractivity contribution is 7.21. The van der Waals surface area contributed by atoms with Crippen molar-refractivity contribution in [3.05, 3.63) is 52.0 Å². The number of fused-ring (bicyclic) bond motifs is 1. The van der Waals surface area contributed by atoms with Gasteiger partial charge in [-0.3, -0.25) is 4.79 Å². The SMILES string of the molecule is CCCc1ccc2c(N)c(C(=O)N3CCC(Oc4ccc(Cl)cc4)CC3)sc2n1. The number of benzene rings is 1. The topological polar surface area (TPSA) is 68.5 Å². The molecule has 1 saturated heterocycles.